The zero-order chi connectivity index (χ0) is 14.5. The smallest absolute Gasteiger partial charge is 0.388 e. The molecule has 0 bridgehead atoms. The molecule has 0 saturated carbocycles. The van der Waals surface area contributed by atoms with E-state index in [-0.39, 0.29) is 0 Å². The van der Waals surface area contributed by atoms with E-state index in [1.807, 2.05) is 6.92 Å². The minimum Gasteiger partial charge on any atom is -0.388 e. The Labute approximate surface area is 111 Å². The number of anilines is 1. The molecule has 0 aliphatic rings. The van der Waals surface area contributed by atoms with Gasteiger partial charge in [0.25, 0.3) is 0 Å². The average Bonchev–Trinajstić information content (AvgIpc) is 2.36. The van der Waals surface area contributed by atoms with Crippen LogP contribution in [0.2, 0.25) is 0 Å². The van der Waals surface area contributed by atoms with Gasteiger partial charge in [-0.25, -0.2) is 0 Å². The van der Waals surface area contributed by atoms with Gasteiger partial charge in [0, 0.05) is 17.8 Å². The molecule has 108 valence electrons. The van der Waals surface area contributed by atoms with E-state index in [0.29, 0.717) is 30.6 Å². The monoisotopic (exact) mass is 275 g/mol. The Morgan fingerprint density at radius 2 is 1.84 bits per heavy atom. The van der Waals surface area contributed by atoms with Crippen LogP contribution in [0, 0.1) is 0 Å². The van der Waals surface area contributed by atoms with Gasteiger partial charge in [0.15, 0.2) is 0 Å². The number of halogens is 3. The zero-order valence-electron chi connectivity index (χ0n) is 11.2. The van der Waals surface area contributed by atoms with Crippen molar-refractivity contribution in [1.82, 2.24) is 0 Å². The Hall–Kier alpha value is -1.23. The van der Waals surface area contributed by atoms with E-state index >= 15 is 0 Å². The number of aliphatic hydroxyl groups is 1. The van der Waals surface area contributed by atoms with E-state index in [1.54, 1.807) is 31.2 Å². The van der Waals surface area contributed by atoms with Gasteiger partial charge in [-0.1, -0.05) is 32.0 Å². The van der Waals surface area contributed by atoms with Gasteiger partial charge in [0.2, 0.25) is 0 Å². The molecule has 0 spiro atoms. The quantitative estimate of drug-likeness (QED) is 0.851. The Morgan fingerprint density at radius 1 is 1.21 bits per heavy atom. The lowest BCUT2D eigenvalue weighted by atomic mass is 10.0. The number of benzene rings is 1. The van der Waals surface area contributed by atoms with Crippen LogP contribution in [0.3, 0.4) is 0 Å². The van der Waals surface area contributed by atoms with Gasteiger partial charge in [0.05, 0.1) is 6.10 Å². The fourth-order valence-corrected chi connectivity index (χ4v) is 2.05. The summed E-state index contributed by atoms with van der Waals surface area (Å²) in [6.45, 7) is 2.96. The van der Waals surface area contributed by atoms with E-state index in [0.717, 1.165) is 0 Å². The maximum atomic E-state index is 12.6. The first-order valence-corrected chi connectivity index (χ1v) is 6.47. The molecule has 1 unspecified atom stereocenters. The lowest BCUT2D eigenvalue weighted by molar-refractivity contribution is -0.119. The molecule has 5 heteroatoms. The third-order valence-corrected chi connectivity index (χ3v) is 2.89. The number of hydrogen-bond acceptors (Lipinski definition) is 2. The highest BCUT2D eigenvalue weighted by molar-refractivity contribution is 5.54. The molecule has 0 aromatic heterocycles. The van der Waals surface area contributed by atoms with Crippen molar-refractivity contribution in [2.24, 2.45) is 0 Å². The van der Waals surface area contributed by atoms with Crippen LogP contribution in [-0.4, -0.2) is 24.4 Å². The molecule has 1 rings (SSSR count). The summed E-state index contributed by atoms with van der Waals surface area (Å²) in [5.41, 5.74) is 1.03. The maximum absolute atomic E-state index is 12.6. The minimum atomic E-state index is -4.25. The Morgan fingerprint density at radius 3 is 2.37 bits per heavy atom. The second kappa shape index (κ2) is 6.80. The highest BCUT2D eigenvalue weighted by Crippen LogP contribution is 2.30. The summed E-state index contributed by atoms with van der Waals surface area (Å²) in [6, 6.07) is 6.74. The normalized spacial score (nSPS) is 13.4. The second-order valence-electron chi connectivity index (χ2n) is 4.52. The molecule has 0 radical (unpaired) electrons. The molecule has 0 aliphatic carbocycles. The van der Waals surface area contributed by atoms with E-state index in [1.165, 1.54) is 4.90 Å². The summed E-state index contributed by atoms with van der Waals surface area (Å²) < 4.78 is 37.9. The summed E-state index contributed by atoms with van der Waals surface area (Å²) in [6.07, 6.45) is -3.89. The van der Waals surface area contributed by atoms with Crippen molar-refractivity contribution >= 4 is 5.69 Å². The summed E-state index contributed by atoms with van der Waals surface area (Å²) in [5.74, 6) is 0. The van der Waals surface area contributed by atoms with E-state index < -0.39 is 18.8 Å². The predicted octanol–water partition coefficient (Wildman–Crippen LogP) is 3.91. The summed E-state index contributed by atoms with van der Waals surface area (Å²) in [4.78, 5) is 1.29. The fraction of sp³-hybridized carbons (Fsp3) is 0.571. The molecular formula is C14H20F3NO. The second-order valence-corrected chi connectivity index (χ2v) is 4.52. The van der Waals surface area contributed by atoms with E-state index in [2.05, 4.69) is 0 Å². The molecule has 1 N–H and O–H groups in total. The van der Waals surface area contributed by atoms with Crippen molar-refractivity contribution in [3.05, 3.63) is 29.8 Å². The summed E-state index contributed by atoms with van der Waals surface area (Å²) in [7, 11) is 0. The van der Waals surface area contributed by atoms with Gasteiger partial charge in [0.1, 0.15) is 6.54 Å². The first-order chi connectivity index (χ1) is 8.89. The van der Waals surface area contributed by atoms with E-state index in [9.17, 15) is 18.3 Å². The zero-order valence-corrected chi connectivity index (χ0v) is 11.2. The molecule has 1 aromatic rings. The van der Waals surface area contributed by atoms with Gasteiger partial charge in [-0.2, -0.15) is 13.2 Å². The van der Waals surface area contributed by atoms with Crippen LogP contribution in [0.4, 0.5) is 18.9 Å². The van der Waals surface area contributed by atoms with Crippen molar-refractivity contribution in [3.8, 4) is 0 Å². The van der Waals surface area contributed by atoms with Crippen LogP contribution in [0.1, 0.15) is 38.4 Å². The molecule has 1 atom stereocenters. The number of para-hydroxylation sites is 1. The Bertz CT molecular complexity index is 393. The Balaban J connectivity index is 3.08. The molecule has 1 aromatic carbocycles. The van der Waals surface area contributed by atoms with Crippen LogP contribution >= 0.6 is 0 Å². The number of hydrogen-bond donors (Lipinski definition) is 1. The standard InChI is InChI=1S/C14H20F3NO/c1-3-9-18(10-14(15,16)17)12-8-6-5-7-11(12)13(19)4-2/h5-8,13,19H,3-4,9-10H2,1-2H3. The van der Waals surface area contributed by atoms with Gasteiger partial charge >= 0.3 is 6.18 Å². The lowest BCUT2D eigenvalue weighted by Crippen LogP contribution is -2.35. The van der Waals surface area contributed by atoms with Crippen molar-refractivity contribution in [2.45, 2.75) is 39.0 Å². The summed E-state index contributed by atoms with van der Waals surface area (Å²) >= 11 is 0. The largest absolute Gasteiger partial charge is 0.405 e. The first-order valence-electron chi connectivity index (χ1n) is 6.47. The van der Waals surface area contributed by atoms with Crippen molar-refractivity contribution < 1.29 is 18.3 Å². The SMILES string of the molecule is CCCN(CC(F)(F)F)c1ccccc1C(O)CC. The van der Waals surface area contributed by atoms with Crippen LogP contribution in [0.15, 0.2) is 24.3 Å². The van der Waals surface area contributed by atoms with Crippen LogP contribution < -0.4 is 4.90 Å². The predicted molar refractivity (Wildman–Crippen MR) is 70.3 cm³/mol. The summed E-state index contributed by atoms with van der Waals surface area (Å²) in [5, 5.41) is 9.92. The molecule has 2 nitrogen and oxygen atoms in total. The molecule has 0 aliphatic heterocycles. The maximum Gasteiger partial charge on any atom is 0.405 e. The van der Waals surface area contributed by atoms with Crippen LogP contribution in [-0.2, 0) is 0 Å². The van der Waals surface area contributed by atoms with Crippen LogP contribution in [0.5, 0.6) is 0 Å². The number of alkyl halides is 3. The van der Waals surface area contributed by atoms with Gasteiger partial charge in [-0.05, 0) is 18.9 Å². The van der Waals surface area contributed by atoms with Gasteiger partial charge in [-0.15, -0.1) is 0 Å². The third-order valence-electron chi connectivity index (χ3n) is 2.89. The van der Waals surface area contributed by atoms with Gasteiger partial charge < -0.3 is 10.0 Å². The number of aliphatic hydroxyl groups excluding tert-OH is 1. The minimum absolute atomic E-state index is 0.312. The lowest BCUT2D eigenvalue weighted by Gasteiger charge is -2.28. The highest BCUT2D eigenvalue weighted by atomic mass is 19.4. The van der Waals surface area contributed by atoms with E-state index in [4.69, 9.17) is 0 Å². The number of nitrogens with zero attached hydrogens (tertiary/aromatic N) is 1. The van der Waals surface area contributed by atoms with Crippen LogP contribution in [0.25, 0.3) is 0 Å². The Kier molecular flexibility index (Phi) is 5.66. The first kappa shape index (κ1) is 15.8. The molecule has 0 heterocycles. The molecule has 19 heavy (non-hydrogen) atoms. The topological polar surface area (TPSA) is 23.5 Å². The molecule has 0 fully saturated rings. The third kappa shape index (κ3) is 4.74. The van der Waals surface area contributed by atoms with Crippen molar-refractivity contribution in [1.29, 1.82) is 0 Å². The highest BCUT2D eigenvalue weighted by Gasteiger charge is 2.31. The van der Waals surface area contributed by atoms with Crippen molar-refractivity contribution in [3.63, 3.8) is 0 Å². The van der Waals surface area contributed by atoms with Crippen molar-refractivity contribution in [2.75, 3.05) is 18.0 Å². The molecular weight excluding hydrogens is 255 g/mol. The fourth-order valence-electron chi connectivity index (χ4n) is 2.05. The number of rotatable bonds is 6. The average molecular weight is 275 g/mol. The molecule has 0 amide bonds. The molecule has 0 saturated heterocycles. The van der Waals surface area contributed by atoms with Gasteiger partial charge in [-0.3, -0.25) is 0 Å².